The number of rotatable bonds is 4. The van der Waals surface area contributed by atoms with Gasteiger partial charge in [-0.1, -0.05) is 6.92 Å². The number of fused-ring (bicyclic) bond motifs is 1. The monoisotopic (exact) mass is 219 g/mol. The Balaban J connectivity index is 2.23. The first-order valence-corrected chi connectivity index (χ1v) is 5.50. The lowest BCUT2D eigenvalue weighted by Gasteiger charge is -2.06. The maximum absolute atomic E-state index is 5.12. The lowest BCUT2D eigenvalue weighted by atomic mass is 10.1. The Kier molecular flexibility index (Phi) is 3.19. The van der Waals surface area contributed by atoms with Gasteiger partial charge in [-0.2, -0.15) is 0 Å². The number of aromatic nitrogens is 3. The average molecular weight is 219 g/mol. The molecule has 0 aromatic carbocycles. The van der Waals surface area contributed by atoms with Gasteiger partial charge < -0.3 is 9.72 Å². The van der Waals surface area contributed by atoms with Crippen LogP contribution < -0.4 is 0 Å². The molecule has 0 radical (unpaired) electrons. The number of aryl methyl sites for hydroxylation is 1. The minimum atomic E-state index is 0.464. The Morgan fingerprint density at radius 2 is 2.31 bits per heavy atom. The van der Waals surface area contributed by atoms with Crippen molar-refractivity contribution < 1.29 is 4.74 Å². The van der Waals surface area contributed by atoms with E-state index in [1.54, 1.807) is 13.3 Å². The molecular formula is C12H17N3O. The molecule has 4 nitrogen and oxygen atoms in total. The van der Waals surface area contributed by atoms with E-state index in [1.807, 2.05) is 6.07 Å². The normalized spacial score (nSPS) is 13.2. The van der Waals surface area contributed by atoms with Gasteiger partial charge in [0.1, 0.15) is 5.82 Å². The molecule has 0 saturated carbocycles. The molecule has 2 aromatic heterocycles. The molecule has 16 heavy (non-hydrogen) atoms. The summed E-state index contributed by atoms with van der Waals surface area (Å²) in [7, 11) is 1.72. The van der Waals surface area contributed by atoms with Crippen molar-refractivity contribution in [2.45, 2.75) is 20.3 Å². The number of H-pyrrole nitrogens is 1. The van der Waals surface area contributed by atoms with E-state index >= 15 is 0 Å². The van der Waals surface area contributed by atoms with Crippen molar-refractivity contribution in [2.75, 3.05) is 13.7 Å². The van der Waals surface area contributed by atoms with Gasteiger partial charge in [0.25, 0.3) is 0 Å². The van der Waals surface area contributed by atoms with Gasteiger partial charge in [0.2, 0.25) is 0 Å². The predicted molar refractivity (Wildman–Crippen MR) is 63.4 cm³/mol. The second-order valence-electron chi connectivity index (χ2n) is 4.27. The van der Waals surface area contributed by atoms with Crippen molar-refractivity contribution in [3.63, 3.8) is 0 Å². The highest BCUT2D eigenvalue weighted by Crippen LogP contribution is 2.15. The van der Waals surface area contributed by atoms with Crippen LogP contribution in [0.25, 0.3) is 11.2 Å². The van der Waals surface area contributed by atoms with Gasteiger partial charge in [0.15, 0.2) is 5.65 Å². The number of hydrogen-bond acceptors (Lipinski definition) is 3. The summed E-state index contributed by atoms with van der Waals surface area (Å²) in [6.07, 6.45) is 2.69. The molecule has 0 saturated heterocycles. The Morgan fingerprint density at radius 3 is 3.00 bits per heavy atom. The van der Waals surface area contributed by atoms with Crippen LogP contribution in [-0.4, -0.2) is 28.7 Å². The molecule has 1 N–H and O–H groups in total. The topological polar surface area (TPSA) is 50.8 Å². The van der Waals surface area contributed by atoms with Crippen LogP contribution in [0.2, 0.25) is 0 Å². The van der Waals surface area contributed by atoms with E-state index < -0.39 is 0 Å². The Labute approximate surface area is 95.1 Å². The summed E-state index contributed by atoms with van der Waals surface area (Å²) in [4.78, 5) is 12.0. The third-order valence-electron chi connectivity index (χ3n) is 2.64. The molecule has 0 fully saturated rings. The van der Waals surface area contributed by atoms with E-state index in [2.05, 4.69) is 28.8 Å². The lowest BCUT2D eigenvalue weighted by molar-refractivity contribution is 0.159. The van der Waals surface area contributed by atoms with Crippen LogP contribution >= 0.6 is 0 Å². The molecule has 0 aliphatic heterocycles. The molecule has 1 atom stereocenters. The summed E-state index contributed by atoms with van der Waals surface area (Å²) in [6, 6.07) is 1.99. The molecule has 0 bridgehead atoms. The number of imidazole rings is 1. The van der Waals surface area contributed by atoms with Crippen LogP contribution in [-0.2, 0) is 11.2 Å². The summed E-state index contributed by atoms with van der Waals surface area (Å²) in [5.74, 6) is 1.45. The summed E-state index contributed by atoms with van der Waals surface area (Å²) in [5, 5.41) is 0. The number of aromatic amines is 1. The van der Waals surface area contributed by atoms with E-state index in [-0.39, 0.29) is 0 Å². The molecule has 2 heterocycles. The van der Waals surface area contributed by atoms with Crippen LogP contribution in [0.5, 0.6) is 0 Å². The second kappa shape index (κ2) is 4.61. The summed E-state index contributed by atoms with van der Waals surface area (Å²) in [5.41, 5.74) is 3.03. The highest BCUT2D eigenvalue weighted by atomic mass is 16.5. The lowest BCUT2D eigenvalue weighted by Crippen LogP contribution is -2.07. The minimum Gasteiger partial charge on any atom is -0.384 e. The minimum absolute atomic E-state index is 0.464. The largest absolute Gasteiger partial charge is 0.384 e. The second-order valence-corrected chi connectivity index (χ2v) is 4.27. The van der Waals surface area contributed by atoms with Gasteiger partial charge >= 0.3 is 0 Å². The van der Waals surface area contributed by atoms with Gasteiger partial charge in [-0.15, -0.1) is 0 Å². The maximum Gasteiger partial charge on any atom is 0.177 e. The molecular weight excluding hydrogens is 202 g/mol. The zero-order valence-corrected chi connectivity index (χ0v) is 9.95. The number of nitrogens with zero attached hydrogens (tertiary/aromatic N) is 2. The van der Waals surface area contributed by atoms with Crippen LogP contribution in [0.4, 0.5) is 0 Å². The fraction of sp³-hybridized carbons (Fsp3) is 0.500. The molecule has 0 spiro atoms. The van der Waals surface area contributed by atoms with E-state index in [4.69, 9.17) is 4.74 Å². The first-order chi connectivity index (χ1) is 7.70. The summed E-state index contributed by atoms with van der Waals surface area (Å²) >= 11 is 0. The standard InChI is InChI=1S/C12H17N3O/c1-8(7-16-3)6-10-14-11-9(2)4-5-13-12(11)15-10/h4-5,8H,6-7H2,1-3H3,(H,13,14,15). The molecule has 0 amide bonds. The zero-order valence-electron chi connectivity index (χ0n) is 9.95. The average Bonchev–Trinajstić information content (AvgIpc) is 2.62. The van der Waals surface area contributed by atoms with Crippen LogP contribution in [0, 0.1) is 12.8 Å². The smallest absolute Gasteiger partial charge is 0.177 e. The SMILES string of the molecule is COCC(C)Cc1nc2nccc(C)c2[nH]1. The van der Waals surface area contributed by atoms with Crippen LogP contribution in [0.15, 0.2) is 12.3 Å². The number of nitrogens with one attached hydrogen (secondary N) is 1. The molecule has 1 unspecified atom stereocenters. The highest BCUT2D eigenvalue weighted by Gasteiger charge is 2.09. The van der Waals surface area contributed by atoms with Crippen molar-refractivity contribution in [2.24, 2.45) is 5.92 Å². The van der Waals surface area contributed by atoms with Gasteiger partial charge in [-0.3, -0.25) is 0 Å². The van der Waals surface area contributed by atoms with Crippen molar-refractivity contribution in [1.82, 2.24) is 15.0 Å². The molecule has 2 aromatic rings. The van der Waals surface area contributed by atoms with Gasteiger partial charge in [-0.25, -0.2) is 9.97 Å². The highest BCUT2D eigenvalue weighted by molar-refractivity contribution is 5.74. The van der Waals surface area contributed by atoms with E-state index in [1.165, 1.54) is 5.56 Å². The van der Waals surface area contributed by atoms with E-state index in [0.29, 0.717) is 5.92 Å². The first-order valence-electron chi connectivity index (χ1n) is 5.50. The molecule has 0 aliphatic carbocycles. The molecule has 0 aliphatic rings. The maximum atomic E-state index is 5.12. The van der Waals surface area contributed by atoms with Gasteiger partial charge in [0, 0.05) is 26.3 Å². The van der Waals surface area contributed by atoms with Gasteiger partial charge in [-0.05, 0) is 24.5 Å². The molecule has 2 rings (SSSR count). The van der Waals surface area contributed by atoms with Crippen LogP contribution in [0.3, 0.4) is 0 Å². The fourth-order valence-electron chi connectivity index (χ4n) is 1.85. The van der Waals surface area contributed by atoms with Crippen LogP contribution in [0.1, 0.15) is 18.3 Å². The van der Waals surface area contributed by atoms with E-state index in [0.717, 1.165) is 30.0 Å². The zero-order chi connectivity index (χ0) is 11.5. The predicted octanol–water partition coefficient (Wildman–Crippen LogP) is 2.09. The Bertz CT molecular complexity index is 478. The Hall–Kier alpha value is -1.42. The summed E-state index contributed by atoms with van der Waals surface area (Å²) < 4.78 is 5.12. The van der Waals surface area contributed by atoms with Gasteiger partial charge in [0.05, 0.1) is 5.52 Å². The van der Waals surface area contributed by atoms with Crippen molar-refractivity contribution >= 4 is 11.2 Å². The van der Waals surface area contributed by atoms with Crippen molar-refractivity contribution in [3.8, 4) is 0 Å². The van der Waals surface area contributed by atoms with E-state index in [9.17, 15) is 0 Å². The fourth-order valence-corrected chi connectivity index (χ4v) is 1.85. The molecule has 4 heteroatoms. The number of ether oxygens (including phenoxy) is 1. The number of methoxy groups -OCH3 is 1. The van der Waals surface area contributed by atoms with Crippen molar-refractivity contribution in [1.29, 1.82) is 0 Å². The third-order valence-corrected chi connectivity index (χ3v) is 2.64. The third kappa shape index (κ3) is 2.22. The quantitative estimate of drug-likeness (QED) is 0.856. The summed E-state index contributed by atoms with van der Waals surface area (Å²) in [6.45, 7) is 4.96. The number of pyridine rings is 1. The number of hydrogen-bond donors (Lipinski definition) is 1. The van der Waals surface area contributed by atoms with Crippen molar-refractivity contribution in [3.05, 3.63) is 23.7 Å². The first kappa shape index (κ1) is 11.1. The Morgan fingerprint density at radius 1 is 1.50 bits per heavy atom. The molecule has 86 valence electrons.